The van der Waals surface area contributed by atoms with Gasteiger partial charge in [-0.05, 0) is 24.3 Å². The Morgan fingerprint density at radius 3 is 2.79 bits per heavy atom. The summed E-state index contributed by atoms with van der Waals surface area (Å²) in [6.45, 7) is 2.03. The van der Waals surface area contributed by atoms with Crippen LogP contribution < -0.4 is 0 Å². The summed E-state index contributed by atoms with van der Waals surface area (Å²) in [6, 6.07) is 1.97. The second-order valence-corrected chi connectivity index (χ2v) is 5.29. The fourth-order valence-electron chi connectivity index (χ4n) is 2.26. The van der Waals surface area contributed by atoms with E-state index in [0.29, 0.717) is 11.7 Å². The van der Waals surface area contributed by atoms with Crippen LogP contribution in [0.4, 0.5) is 0 Å². The summed E-state index contributed by atoms with van der Waals surface area (Å²) in [5.41, 5.74) is 0.960. The molecule has 0 atom stereocenters. The quantitative estimate of drug-likeness (QED) is 0.690. The summed E-state index contributed by atoms with van der Waals surface area (Å²) in [5, 5.41) is 2.01. The minimum absolute atomic E-state index is 0.357. The van der Waals surface area contributed by atoms with E-state index in [-0.39, 0.29) is 0 Å². The highest BCUT2D eigenvalue weighted by atomic mass is 32.1. The molecule has 0 aliphatic heterocycles. The zero-order chi connectivity index (χ0) is 9.97. The fraction of sp³-hybridized carbons (Fsp3) is 0.583. The molecule has 1 aromatic rings. The van der Waals surface area contributed by atoms with Crippen molar-refractivity contribution in [2.75, 3.05) is 0 Å². The third kappa shape index (κ3) is 2.06. The van der Waals surface area contributed by atoms with Gasteiger partial charge in [-0.15, -0.1) is 11.3 Å². The molecule has 76 valence electrons. The molecule has 1 saturated carbocycles. The van der Waals surface area contributed by atoms with Crippen LogP contribution in [0.2, 0.25) is 0 Å². The zero-order valence-electron chi connectivity index (χ0n) is 8.58. The highest BCUT2D eigenvalue weighted by molar-refractivity contribution is 7.10. The predicted molar refractivity (Wildman–Crippen MR) is 60.0 cm³/mol. The summed E-state index contributed by atoms with van der Waals surface area (Å²) in [6.07, 6.45) is 5.93. The molecule has 0 spiro atoms. The van der Waals surface area contributed by atoms with Crippen LogP contribution in [-0.4, -0.2) is 5.78 Å². The van der Waals surface area contributed by atoms with E-state index in [1.54, 1.807) is 11.3 Å². The molecule has 2 heteroatoms. The highest BCUT2D eigenvalue weighted by Gasteiger charge is 2.20. The van der Waals surface area contributed by atoms with Gasteiger partial charge in [0.1, 0.15) is 0 Å². The molecule has 1 nitrogen and oxygen atoms in total. The SMILES string of the molecule is Cc1sccc1C(=O)CC1CCCC1. The Hall–Kier alpha value is -0.630. The molecular weight excluding hydrogens is 192 g/mol. The van der Waals surface area contributed by atoms with Crippen LogP contribution in [-0.2, 0) is 0 Å². The first kappa shape index (κ1) is 9.91. The van der Waals surface area contributed by atoms with Crippen LogP contribution in [0.3, 0.4) is 0 Å². The molecule has 0 N–H and O–H groups in total. The third-order valence-electron chi connectivity index (χ3n) is 3.11. The fourth-order valence-corrected chi connectivity index (χ4v) is 2.98. The van der Waals surface area contributed by atoms with E-state index < -0.39 is 0 Å². The summed E-state index contributed by atoms with van der Waals surface area (Å²) in [5.74, 6) is 1.03. The molecule has 0 saturated heterocycles. The van der Waals surface area contributed by atoms with Crippen LogP contribution >= 0.6 is 11.3 Å². The summed E-state index contributed by atoms with van der Waals surface area (Å²) in [7, 11) is 0. The number of hydrogen-bond acceptors (Lipinski definition) is 2. The lowest BCUT2D eigenvalue weighted by atomic mass is 9.97. The molecular formula is C12H16OS. The summed E-state index contributed by atoms with van der Waals surface area (Å²) in [4.78, 5) is 13.1. The smallest absolute Gasteiger partial charge is 0.164 e. The maximum absolute atomic E-state index is 11.9. The predicted octanol–water partition coefficient (Wildman–Crippen LogP) is 3.82. The first-order valence-corrected chi connectivity index (χ1v) is 6.22. The van der Waals surface area contributed by atoms with E-state index in [0.717, 1.165) is 12.0 Å². The molecule has 1 heterocycles. The van der Waals surface area contributed by atoms with Gasteiger partial charge < -0.3 is 0 Å². The Kier molecular flexibility index (Phi) is 3.02. The standard InChI is InChI=1S/C12H16OS/c1-9-11(6-7-14-9)12(13)8-10-4-2-3-5-10/h6-7,10H,2-5,8H2,1H3. The Morgan fingerprint density at radius 1 is 1.50 bits per heavy atom. The van der Waals surface area contributed by atoms with Gasteiger partial charge in [-0.2, -0.15) is 0 Å². The molecule has 0 unspecified atom stereocenters. The minimum Gasteiger partial charge on any atom is -0.294 e. The number of aryl methyl sites for hydroxylation is 1. The first-order chi connectivity index (χ1) is 6.77. The Labute approximate surface area is 89.1 Å². The van der Waals surface area contributed by atoms with Gasteiger partial charge in [-0.3, -0.25) is 4.79 Å². The molecule has 0 aromatic carbocycles. The Bertz CT molecular complexity index is 321. The zero-order valence-corrected chi connectivity index (χ0v) is 9.40. The molecule has 0 amide bonds. The lowest BCUT2D eigenvalue weighted by molar-refractivity contribution is 0.0962. The second kappa shape index (κ2) is 4.26. The molecule has 1 aromatic heterocycles. The summed E-state index contributed by atoms with van der Waals surface area (Å²) >= 11 is 1.67. The lowest BCUT2D eigenvalue weighted by Crippen LogP contribution is -2.05. The molecule has 0 bridgehead atoms. The second-order valence-electron chi connectivity index (χ2n) is 4.17. The first-order valence-electron chi connectivity index (χ1n) is 5.34. The largest absolute Gasteiger partial charge is 0.294 e. The van der Waals surface area contributed by atoms with Gasteiger partial charge in [0.15, 0.2) is 5.78 Å². The van der Waals surface area contributed by atoms with Crippen LogP contribution in [0.5, 0.6) is 0 Å². The van der Waals surface area contributed by atoms with Crippen LogP contribution in [0.25, 0.3) is 0 Å². The van der Waals surface area contributed by atoms with Gasteiger partial charge >= 0.3 is 0 Å². The van der Waals surface area contributed by atoms with E-state index in [9.17, 15) is 4.79 Å². The van der Waals surface area contributed by atoms with Gasteiger partial charge in [0, 0.05) is 16.9 Å². The van der Waals surface area contributed by atoms with Gasteiger partial charge in [0.05, 0.1) is 0 Å². The highest BCUT2D eigenvalue weighted by Crippen LogP contribution is 2.29. The van der Waals surface area contributed by atoms with Crippen molar-refractivity contribution >= 4 is 17.1 Å². The molecule has 1 aliphatic carbocycles. The van der Waals surface area contributed by atoms with E-state index in [1.165, 1.54) is 30.6 Å². The lowest BCUT2D eigenvalue weighted by Gasteiger charge is -2.06. The maximum atomic E-state index is 11.9. The molecule has 1 fully saturated rings. The molecule has 0 radical (unpaired) electrons. The van der Waals surface area contributed by atoms with Crippen molar-refractivity contribution in [3.05, 3.63) is 21.9 Å². The molecule has 14 heavy (non-hydrogen) atoms. The van der Waals surface area contributed by atoms with Gasteiger partial charge in [-0.1, -0.05) is 25.7 Å². The van der Waals surface area contributed by atoms with Crippen molar-refractivity contribution in [2.24, 2.45) is 5.92 Å². The monoisotopic (exact) mass is 208 g/mol. The number of Topliss-reactive ketones (excluding diaryl/α,β-unsaturated/α-hetero) is 1. The van der Waals surface area contributed by atoms with Gasteiger partial charge in [0.2, 0.25) is 0 Å². The van der Waals surface area contributed by atoms with E-state index in [4.69, 9.17) is 0 Å². The maximum Gasteiger partial charge on any atom is 0.164 e. The average Bonchev–Trinajstić information content (AvgIpc) is 2.75. The number of ketones is 1. The minimum atomic E-state index is 0.357. The third-order valence-corrected chi connectivity index (χ3v) is 3.95. The number of hydrogen-bond donors (Lipinski definition) is 0. The van der Waals surface area contributed by atoms with Crippen molar-refractivity contribution in [1.82, 2.24) is 0 Å². The normalized spacial score (nSPS) is 17.5. The number of carbonyl (C=O) groups is 1. The van der Waals surface area contributed by atoms with Crippen LogP contribution in [0, 0.1) is 12.8 Å². The van der Waals surface area contributed by atoms with E-state index in [2.05, 4.69) is 0 Å². The van der Waals surface area contributed by atoms with Crippen molar-refractivity contribution in [2.45, 2.75) is 39.0 Å². The van der Waals surface area contributed by atoms with Crippen molar-refractivity contribution in [1.29, 1.82) is 0 Å². The van der Waals surface area contributed by atoms with Crippen molar-refractivity contribution < 1.29 is 4.79 Å². The number of thiophene rings is 1. The Balaban J connectivity index is 1.98. The van der Waals surface area contributed by atoms with E-state index in [1.807, 2.05) is 18.4 Å². The van der Waals surface area contributed by atoms with Crippen molar-refractivity contribution in [3.8, 4) is 0 Å². The van der Waals surface area contributed by atoms with Gasteiger partial charge in [-0.25, -0.2) is 0 Å². The number of rotatable bonds is 3. The Morgan fingerprint density at radius 2 is 2.21 bits per heavy atom. The van der Waals surface area contributed by atoms with Crippen molar-refractivity contribution in [3.63, 3.8) is 0 Å². The van der Waals surface area contributed by atoms with E-state index >= 15 is 0 Å². The topological polar surface area (TPSA) is 17.1 Å². The average molecular weight is 208 g/mol. The molecule has 2 rings (SSSR count). The van der Waals surface area contributed by atoms with Crippen LogP contribution in [0.1, 0.15) is 47.3 Å². The number of carbonyl (C=O) groups excluding carboxylic acids is 1. The van der Waals surface area contributed by atoms with Crippen LogP contribution in [0.15, 0.2) is 11.4 Å². The molecule has 1 aliphatic rings. The van der Waals surface area contributed by atoms with Gasteiger partial charge in [0.25, 0.3) is 0 Å². The summed E-state index contributed by atoms with van der Waals surface area (Å²) < 4.78 is 0.